The minimum atomic E-state index is -0.181. The number of piperidine rings is 1. The molecule has 1 spiro atoms. The molecule has 1 amide bonds. The second-order valence-corrected chi connectivity index (χ2v) is 6.17. The minimum absolute atomic E-state index is 0.0246. The quantitative estimate of drug-likeness (QED) is 0.837. The van der Waals surface area contributed by atoms with Crippen molar-refractivity contribution in [3.05, 3.63) is 35.1 Å². The van der Waals surface area contributed by atoms with Crippen LogP contribution in [-0.4, -0.2) is 30.5 Å². The summed E-state index contributed by atoms with van der Waals surface area (Å²) in [7, 11) is 0. The van der Waals surface area contributed by atoms with E-state index >= 15 is 0 Å². The number of carbonyl (C=O) groups is 1. The first-order chi connectivity index (χ1) is 10.1. The molecule has 1 atom stereocenters. The van der Waals surface area contributed by atoms with Crippen molar-refractivity contribution in [1.82, 2.24) is 4.90 Å². The molecule has 21 heavy (non-hydrogen) atoms. The molecule has 3 rings (SSSR count). The zero-order valence-electron chi connectivity index (χ0n) is 12.7. The highest BCUT2D eigenvalue weighted by atomic mass is 19.1. The van der Waals surface area contributed by atoms with E-state index in [0.29, 0.717) is 6.61 Å². The van der Waals surface area contributed by atoms with Crippen LogP contribution < -0.4 is 0 Å². The summed E-state index contributed by atoms with van der Waals surface area (Å²) in [4.78, 5) is 13.4. The zero-order valence-corrected chi connectivity index (χ0v) is 12.7. The molecular weight excluding hydrogens is 269 g/mol. The van der Waals surface area contributed by atoms with E-state index in [-0.39, 0.29) is 23.2 Å². The number of hydrogen-bond acceptors (Lipinski definition) is 2. The Labute approximate surface area is 125 Å². The van der Waals surface area contributed by atoms with Crippen LogP contribution in [0, 0.1) is 5.82 Å². The summed E-state index contributed by atoms with van der Waals surface area (Å²) in [5.41, 5.74) is 2.21. The van der Waals surface area contributed by atoms with Gasteiger partial charge in [0.1, 0.15) is 5.82 Å². The number of nitrogens with zero attached hydrogens (tertiary/aromatic N) is 1. The first kappa shape index (κ1) is 14.5. The summed E-state index contributed by atoms with van der Waals surface area (Å²) < 4.78 is 19.6. The van der Waals surface area contributed by atoms with Crippen molar-refractivity contribution in [3.63, 3.8) is 0 Å². The molecule has 3 nitrogen and oxygen atoms in total. The molecular formula is C17H22FNO2. The molecule has 1 fully saturated rings. The summed E-state index contributed by atoms with van der Waals surface area (Å²) in [6.45, 7) is 5.78. The lowest BCUT2D eigenvalue weighted by Gasteiger charge is -2.40. The highest BCUT2D eigenvalue weighted by Crippen LogP contribution is 2.52. The van der Waals surface area contributed by atoms with Gasteiger partial charge in [0, 0.05) is 32.0 Å². The van der Waals surface area contributed by atoms with Gasteiger partial charge in [-0.2, -0.15) is 0 Å². The smallest absolute Gasteiger partial charge is 0.219 e. The molecule has 0 bridgehead atoms. The van der Waals surface area contributed by atoms with Gasteiger partial charge in [-0.3, -0.25) is 4.79 Å². The second kappa shape index (κ2) is 5.41. The van der Waals surface area contributed by atoms with Crippen molar-refractivity contribution >= 4 is 5.91 Å². The molecule has 114 valence electrons. The van der Waals surface area contributed by atoms with E-state index in [0.717, 1.165) is 43.5 Å². The third kappa shape index (κ3) is 2.46. The number of carbonyl (C=O) groups excluding carboxylic acids is 1. The lowest BCUT2D eigenvalue weighted by Crippen LogP contribution is -2.43. The van der Waals surface area contributed by atoms with Crippen molar-refractivity contribution in [3.8, 4) is 0 Å². The summed E-state index contributed by atoms with van der Waals surface area (Å²) in [5, 5.41) is 0. The third-order valence-corrected chi connectivity index (χ3v) is 5.04. The standard InChI is InChI=1S/C17H22FNO2/c1-3-21-16-11-17(6-8-19(9-7-17)12(2)20)15-10-13(18)4-5-14(15)16/h4-5,10,16H,3,6-9,11H2,1-2H3/t16-/m0/s1. The maximum absolute atomic E-state index is 13.7. The average Bonchev–Trinajstić information content (AvgIpc) is 2.74. The molecule has 4 heteroatoms. The van der Waals surface area contributed by atoms with Gasteiger partial charge in [0.25, 0.3) is 0 Å². The normalized spacial score (nSPS) is 23.4. The molecule has 0 aromatic heterocycles. The van der Waals surface area contributed by atoms with Crippen LogP contribution in [0.5, 0.6) is 0 Å². The lowest BCUT2D eigenvalue weighted by molar-refractivity contribution is -0.130. The van der Waals surface area contributed by atoms with Crippen LogP contribution in [0.15, 0.2) is 18.2 Å². The van der Waals surface area contributed by atoms with Crippen LogP contribution in [0.2, 0.25) is 0 Å². The van der Waals surface area contributed by atoms with Crippen molar-refractivity contribution in [2.24, 2.45) is 0 Å². The van der Waals surface area contributed by atoms with Crippen LogP contribution >= 0.6 is 0 Å². The largest absolute Gasteiger partial charge is 0.374 e. The van der Waals surface area contributed by atoms with Crippen molar-refractivity contribution in [1.29, 1.82) is 0 Å². The number of hydrogen-bond donors (Lipinski definition) is 0. The number of likely N-dealkylation sites (tertiary alicyclic amines) is 1. The van der Waals surface area contributed by atoms with E-state index < -0.39 is 0 Å². The van der Waals surface area contributed by atoms with Crippen molar-refractivity contribution in [2.75, 3.05) is 19.7 Å². The fourth-order valence-corrected chi connectivity index (χ4v) is 3.92. The number of benzene rings is 1. The van der Waals surface area contributed by atoms with Crippen molar-refractivity contribution in [2.45, 2.75) is 44.6 Å². The van der Waals surface area contributed by atoms with Gasteiger partial charge in [-0.25, -0.2) is 4.39 Å². The molecule has 0 saturated carbocycles. The number of halogens is 1. The van der Waals surface area contributed by atoms with E-state index in [9.17, 15) is 9.18 Å². The number of rotatable bonds is 2. The Morgan fingerprint density at radius 1 is 1.43 bits per heavy atom. The van der Waals surface area contributed by atoms with Gasteiger partial charge in [-0.05, 0) is 49.4 Å². The summed E-state index contributed by atoms with van der Waals surface area (Å²) in [5.74, 6) is -0.0528. The molecule has 1 aromatic rings. The molecule has 2 aliphatic rings. The zero-order chi connectivity index (χ0) is 15.0. The predicted octanol–water partition coefficient (Wildman–Crippen LogP) is 3.19. The van der Waals surface area contributed by atoms with Gasteiger partial charge in [0.2, 0.25) is 5.91 Å². The topological polar surface area (TPSA) is 29.5 Å². The van der Waals surface area contributed by atoms with E-state index in [1.54, 1.807) is 13.0 Å². The monoisotopic (exact) mass is 291 g/mol. The van der Waals surface area contributed by atoms with Crippen LogP contribution in [0.3, 0.4) is 0 Å². The van der Waals surface area contributed by atoms with Gasteiger partial charge in [-0.1, -0.05) is 6.07 Å². The van der Waals surface area contributed by atoms with E-state index in [2.05, 4.69) is 0 Å². The Morgan fingerprint density at radius 3 is 2.76 bits per heavy atom. The van der Waals surface area contributed by atoms with E-state index in [1.165, 1.54) is 6.07 Å². The highest BCUT2D eigenvalue weighted by Gasteiger charge is 2.46. The first-order valence-electron chi connectivity index (χ1n) is 7.73. The van der Waals surface area contributed by atoms with Crippen LogP contribution in [0.4, 0.5) is 4.39 Å². The van der Waals surface area contributed by atoms with E-state index in [1.807, 2.05) is 17.9 Å². The molecule has 0 unspecified atom stereocenters. The van der Waals surface area contributed by atoms with Gasteiger partial charge >= 0.3 is 0 Å². The van der Waals surface area contributed by atoms with Gasteiger partial charge in [-0.15, -0.1) is 0 Å². The molecule has 1 aliphatic carbocycles. The highest BCUT2D eigenvalue weighted by molar-refractivity contribution is 5.73. The summed E-state index contributed by atoms with van der Waals surface area (Å²) in [6.07, 6.45) is 2.76. The predicted molar refractivity (Wildman–Crippen MR) is 78.6 cm³/mol. The molecule has 1 aromatic carbocycles. The Balaban J connectivity index is 1.91. The lowest BCUT2D eigenvalue weighted by atomic mass is 9.73. The van der Waals surface area contributed by atoms with Gasteiger partial charge in [0.15, 0.2) is 0 Å². The average molecular weight is 291 g/mol. The number of amides is 1. The molecule has 0 N–H and O–H groups in total. The van der Waals surface area contributed by atoms with Crippen molar-refractivity contribution < 1.29 is 13.9 Å². The first-order valence-corrected chi connectivity index (χ1v) is 7.73. The number of fused-ring (bicyclic) bond motifs is 2. The Morgan fingerprint density at radius 2 is 2.14 bits per heavy atom. The fourth-order valence-electron chi connectivity index (χ4n) is 3.92. The fraction of sp³-hybridized carbons (Fsp3) is 0.588. The maximum Gasteiger partial charge on any atom is 0.219 e. The molecule has 1 heterocycles. The van der Waals surface area contributed by atoms with Gasteiger partial charge in [0.05, 0.1) is 6.10 Å². The Kier molecular flexibility index (Phi) is 3.74. The van der Waals surface area contributed by atoms with Crippen LogP contribution in [0.25, 0.3) is 0 Å². The summed E-state index contributed by atoms with van der Waals surface area (Å²) >= 11 is 0. The van der Waals surface area contributed by atoms with Crippen LogP contribution in [0.1, 0.15) is 50.3 Å². The number of ether oxygens (including phenoxy) is 1. The van der Waals surface area contributed by atoms with Crippen LogP contribution in [-0.2, 0) is 14.9 Å². The Hall–Kier alpha value is -1.42. The minimum Gasteiger partial charge on any atom is -0.374 e. The Bertz CT molecular complexity index is 550. The summed E-state index contributed by atoms with van der Waals surface area (Å²) in [6, 6.07) is 5.07. The van der Waals surface area contributed by atoms with E-state index in [4.69, 9.17) is 4.74 Å². The molecule has 1 aliphatic heterocycles. The van der Waals surface area contributed by atoms with Gasteiger partial charge < -0.3 is 9.64 Å². The third-order valence-electron chi connectivity index (χ3n) is 5.04. The SMILES string of the molecule is CCO[C@H]1CC2(CCN(C(C)=O)CC2)c2cc(F)ccc21. The molecule has 1 saturated heterocycles. The molecule has 0 radical (unpaired) electrons. The maximum atomic E-state index is 13.7. The second-order valence-electron chi connectivity index (χ2n) is 6.17.